The van der Waals surface area contributed by atoms with Crippen LogP contribution in [0.5, 0.6) is 0 Å². The minimum Gasteiger partial charge on any atom is -0.466 e. The lowest BCUT2D eigenvalue weighted by atomic mass is 9.70. The fourth-order valence-corrected chi connectivity index (χ4v) is 4.66. The van der Waals surface area contributed by atoms with E-state index in [1.807, 2.05) is 31.1 Å². The average molecular weight is 358 g/mol. The molecule has 2 atom stereocenters. The normalized spacial score (nSPS) is 24.7. The number of methoxy groups -OCH3 is 2. The van der Waals surface area contributed by atoms with Gasteiger partial charge in [0.05, 0.1) is 25.8 Å². The molecule has 3 rings (SSSR count). The van der Waals surface area contributed by atoms with Gasteiger partial charge in [-0.3, -0.25) is 0 Å². The predicted octanol–water partition coefficient (Wildman–Crippen LogP) is 2.09. The largest absolute Gasteiger partial charge is 0.466 e. The van der Waals surface area contributed by atoms with E-state index in [4.69, 9.17) is 9.47 Å². The van der Waals surface area contributed by atoms with Gasteiger partial charge in [-0.25, -0.2) is 9.59 Å². The van der Waals surface area contributed by atoms with Crippen molar-refractivity contribution in [2.75, 3.05) is 39.8 Å². The molecule has 1 aromatic carbocycles. The highest BCUT2D eigenvalue weighted by Crippen LogP contribution is 2.53. The summed E-state index contributed by atoms with van der Waals surface area (Å²) in [5, 5.41) is 0. The van der Waals surface area contributed by atoms with Crippen LogP contribution < -0.4 is 4.90 Å². The highest BCUT2D eigenvalue weighted by molar-refractivity contribution is 6.02. The molecule has 0 saturated carbocycles. The summed E-state index contributed by atoms with van der Waals surface area (Å²) in [6.45, 7) is 2.79. The van der Waals surface area contributed by atoms with Crippen molar-refractivity contribution >= 4 is 17.6 Å². The molecular weight excluding hydrogens is 332 g/mol. The Bertz CT molecular complexity index is 773. The number of rotatable bonds is 3. The van der Waals surface area contributed by atoms with Crippen LogP contribution in [0.2, 0.25) is 0 Å². The van der Waals surface area contributed by atoms with Gasteiger partial charge >= 0.3 is 11.9 Å². The van der Waals surface area contributed by atoms with Gasteiger partial charge in [0, 0.05) is 31.7 Å². The molecule has 1 aromatic rings. The van der Waals surface area contributed by atoms with Crippen LogP contribution in [0, 0.1) is 0 Å². The highest BCUT2D eigenvalue weighted by Gasteiger charge is 2.54. The molecule has 2 aliphatic heterocycles. The lowest BCUT2D eigenvalue weighted by Crippen LogP contribution is -2.46. The van der Waals surface area contributed by atoms with Crippen molar-refractivity contribution in [1.82, 2.24) is 4.90 Å². The second-order valence-corrected chi connectivity index (χ2v) is 6.96. The van der Waals surface area contributed by atoms with Crippen LogP contribution in [0.1, 0.15) is 25.3 Å². The zero-order valence-corrected chi connectivity index (χ0v) is 16.0. The van der Waals surface area contributed by atoms with Crippen molar-refractivity contribution in [3.8, 4) is 0 Å². The van der Waals surface area contributed by atoms with E-state index in [-0.39, 0.29) is 11.5 Å². The predicted molar refractivity (Wildman–Crippen MR) is 98.9 cm³/mol. The third-order valence-electron chi connectivity index (χ3n) is 5.95. The number of para-hydroxylation sites is 1. The van der Waals surface area contributed by atoms with E-state index in [1.54, 1.807) is 0 Å². The lowest BCUT2D eigenvalue weighted by Gasteiger charge is -2.37. The molecule has 6 heteroatoms. The number of hydrogen-bond donors (Lipinski definition) is 0. The molecule has 2 heterocycles. The SMILES string of the molecule is CC[C@@]12CCN(C)C(C(=O)OC)=C(C(=O)OC)[C@@H]1N(C)c1ccccc12. The summed E-state index contributed by atoms with van der Waals surface area (Å²) in [4.78, 5) is 29.4. The van der Waals surface area contributed by atoms with Gasteiger partial charge in [-0.15, -0.1) is 0 Å². The van der Waals surface area contributed by atoms with Crippen LogP contribution in [0.3, 0.4) is 0 Å². The maximum Gasteiger partial charge on any atom is 0.354 e. The molecule has 0 fully saturated rings. The third kappa shape index (κ3) is 2.39. The van der Waals surface area contributed by atoms with E-state index >= 15 is 0 Å². The molecule has 0 aromatic heterocycles. The number of fused-ring (bicyclic) bond motifs is 3. The summed E-state index contributed by atoms with van der Waals surface area (Å²) in [6.07, 6.45) is 1.68. The first-order chi connectivity index (χ1) is 12.4. The van der Waals surface area contributed by atoms with E-state index in [9.17, 15) is 9.59 Å². The highest BCUT2D eigenvalue weighted by atomic mass is 16.5. The maximum atomic E-state index is 12.9. The number of esters is 2. The zero-order valence-electron chi connectivity index (χ0n) is 16.0. The van der Waals surface area contributed by atoms with Gasteiger partial charge in [-0.05, 0) is 24.5 Å². The van der Waals surface area contributed by atoms with Gasteiger partial charge < -0.3 is 19.3 Å². The van der Waals surface area contributed by atoms with Gasteiger partial charge in [-0.2, -0.15) is 0 Å². The first-order valence-corrected chi connectivity index (χ1v) is 8.87. The summed E-state index contributed by atoms with van der Waals surface area (Å²) >= 11 is 0. The van der Waals surface area contributed by atoms with Crippen molar-refractivity contribution in [3.05, 3.63) is 41.1 Å². The molecule has 0 spiro atoms. The molecule has 0 bridgehead atoms. The van der Waals surface area contributed by atoms with E-state index in [0.717, 1.165) is 18.5 Å². The number of benzene rings is 1. The number of carbonyl (C=O) groups is 2. The van der Waals surface area contributed by atoms with Crippen molar-refractivity contribution in [2.45, 2.75) is 31.2 Å². The number of likely N-dealkylation sites (N-methyl/N-ethyl adjacent to an activating group) is 2. The number of nitrogens with zero attached hydrogens (tertiary/aromatic N) is 2. The number of anilines is 1. The maximum absolute atomic E-state index is 12.9. The van der Waals surface area contributed by atoms with E-state index in [1.165, 1.54) is 19.8 Å². The molecule has 6 nitrogen and oxygen atoms in total. The number of carbonyl (C=O) groups excluding carboxylic acids is 2. The van der Waals surface area contributed by atoms with Gasteiger partial charge in [0.2, 0.25) is 0 Å². The Morgan fingerprint density at radius 1 is 1.15 bits per heavy atom. The third-order valence-corrected chi connectivity index (χ3v) is 5.95. The summed E-state index contributed by atoms with van der Waals surface area (Å²) in [6, 6.07) is 7.95. The average Bonchev–Trinajstić information content (AvgIpc) is 2.82. The van der Waals surface area contributed by atoms with Gasteiger partial charge in [0.15, 0.2) is 0 Å². The Hall–Kier alpha value is -2.50. The molecule has 0 unspecified atom stereocenters. The topological polar surface area (TPSA) is 59.1 Å². The molecule has 26 heavy (non-hydrogen) atoms. The fraction of sp³-hybridized carbons (Fsp3) is 0.500. The van der Waals surface area contributed by atoms with Crippen LogP contribution in [-0.4, -0.2) is 57.7 Å². The summed E-state index contributed by atoms with van der Waals surface area (Å²) in [7, 11) is 6.49. The standard InChI is InChI=1S/C20H26N2O4/c1-6-20-11-12-21(2)16(19(24)26-5)15(18(23)25-4)17(20)22(3)14-10-8-7-9-13(14)20/h7-10,17H,6,11-12H2,1-5H3/t17-,20-/m0/s1. The van der Waals surface area contributed by atoms with E-state index < -0.39 is 11.9 Å². The van der Waals surface area contributed by atoms with Crippen molar-refractivity contribution in [1.29, 1.82) is 0 Å². The molecule has 0 saturated heterocycles. The Balaban J connectivity index is 2.33. The summed E-state index contributed by atoms with van der Waals surface area (Å²) in [5.41, 5.74) is 2.71. The molecular formula is C20H26N2O4. The van der Waals surface area contributed by atoms with Crippen LogP contribution >= 0.6 is 0 Å². The second-order valence-electron chi connectivity index (χ2n) is 6.96. The first kappa shape index (κ1) is 18.3. The van der Waals surface area contributed by atoms with Crippen molar-refractivity contribution in [2.24, 2.45) is 0 Å². The van der Waals surface area contributed by atoms with Crippen LogP contribution in [-0.2, 0) is 24.5 Å². The van der Waals surface area contributed by atoms with Crippen LogP contribution in [0.25, 0.3) is 0 Å². The minimum atomic E-state index is -0.510. The minimum absolute atomic E-state index is 0.265. The van der Waals surface area contributed by atoms with Crippen LogP contribution in [0.4, 0.5) is 5.69 Å². The monoisotopic (exact) mass is 358 g/mol. The van der Waals surface area contributed by atoms with E-state index in [2.05, 4.69) is 24.0 Å². The number of ether oxygens (including phenoxy) is 2. The quantitative estimate of drug-likeness (QED) is 0.771. The summed E-state index contributed by atoms with van der Waals surface area (Å²) < 4.78 is 10.1. The molecule has 0 amide bonds. The molecule has 0 aliphatic carbocycles. The Morgan fingerprint density at radius 3 is 2.42 bits per heavy atom. The fourth-order valence-electron chi connectivity index (χ4n) is 4.66. The van der Waals surface area contributed by atoms with Crippen molar-refractivity contribution in [3.63, 3.8) is 0 Å². The van der Waals surface area contributed by atoms with Crippen molar-refractivity contribution < 1.29 is 19.1 Å². The zero-order chi connectivity index (χ0) is 19.1. The second kappa shape index (κ2) is 6.67. The number of hydrogen-bond acceptors (Lipinski definition) is 6. The smallest absolute Gasteiger partial charge is 0.354 e. The lowest BCUT2D eigenvalue weighted by molar-refractivity contribution is -0.140. The molecule has 0 radical (unpaired) electrons. The molecule has 140 valence electrons. The first-order valence-electron chi connectivity index (χ1n) is 8.87. The van der Waals surface area contributed by atoms with Gasteiger partial charge in [0.1, 0.15) is 5.70 Å². The van der Waals surface area contributed by atoms with Gasteiger partial charge in [-0.1, -0.05) is 25.1 Å². The van der Waals surface area contributed by atoms with Gasteiger partial charge in [0.25, 0.3) is 0 Å². The molecule has 0 N–H and O–H groups in total. The van der Waals surface area contributed by atoms with Crippen LogP contribution in [0.15, 0.2) is 35.5 Å². The Kier molecular flexibility index (Phi) is 4.69. The summed E-state index contributed by atoms with van der Waals surface area (Å²) in [5.74, 6) is -0.995. The Morgan fingerprint density at radius 2 is 1.81 bits per heavy atom. The molecule has 2 aliphatic rings. The van der Waals surface area contributed by atoms with E-state index in [0.29, 0.717) is 17.8 Å². The Labute approximate surface area is 154 Å².